The lowest BCUT2D eigenvalue weighted by Gasteiger charge is -2.13. The molecule has 1 fully saturated rings. The van der Waals surface area contributed by atoms with Gasteiger partial charge in [0.15, 0.2) is 5.82 Å². The van der Waals surface area contributed by atoms with Crippen LogP contribution >= 0.6 is 0 Å². The summed E-state index contributed by atoms with van der Waals surface area (Å²) in [7, 11) is 0. The normalized spacial score (nSPS) is 14.9. The molecule has 0 aliphatic carbocycles. The van der Waals surface area contributed by atoms with E-state index in [1.54, 1.807) is 9.58 Å². The Balaban J connectivity index is 1.65. The molecule has 0 unspecified atom stereocenters. The average molecular weight is 378 g/mol. The second-order valence-corrected chi connectivity index (χ2v) is 6.88. The van der Waals surface area contributed by atoms with Crippen LogP contribution in [0.3, 0.4) is 0 Å². The van der Waals surface area contributed by atoms with Crippen molar-refractivity contribution in [3.8, 4) is 0 Å². The van der Waals surface area contributed by atoms with E-state index in [1.807, 2.05) is 55.5 Å². The van der Waals surface area contributed by atoms with E-state index < -0.39 is 6.10 Å². The summed E-state index contributed by atoms with van der Waals surface area (Å²) < 4.78 is 6.77. The van der Waals surface area contributed by atoms with E-state index in [1.165, 1.54) is 0 Å². The van der Waals surface area contributed by atoms with Crippen LogP contribution in [0.25, 0.3) is 0 Å². The molecular weight excluding hydrogens is 356 g/mol. The number of nitrogens with zero attached hydrogens (tertiary/aromatic N) is 4. The Morgan fingerprint density at radius 3 is 2.68 bits per heavy atom. The van der Waals surface area contributed by atoms with Gasteiger partial charge < -0.3 is 9.84 Å². The Labute approximate surface area is 163 Å². The van der Waals surface area contributed by atoms with Gasteiger partial charge in [0.1, 0.15) is 18.5 Å². The molecule has 2 heterocycles. The first-order valence-electron chi connectivity index (χ1n) is 9.24. The van der Waals surface area contributed by atoms with Gasteiger partial charge in [-0.15, -0.1) is 0 Å². The predicted octanol–water partition coefficient (Wildman–Crippen LogP) is 2.67. The summed E-state index contributed by atoms with van der Waals surface area (Å²) in [6.45, 7) is 3.74. The number of carbonyl (C=O) groups excluding carboxylic acids is 1. The topological polar surface area (TPSA) is 80.5 Å². The van der Waals surface area contributed by atoms with Crippen molar-refractivity contribution in [3.63, 3.8) is 0 Å². The van der Waals surface area contributed by atoms with E-state index in [4.69, 9.17) is 4.74 Å². The summed E-state index contributed by atoms with van der Waals surface area (Å²) in [5, 5.41) is 15.3. The molecule has 1 atom stereocenters. The van der Waals surface area contributed by atoms with Crippen LogP contribution in [0.5, 0.6) is 0 Å². The SMILES string of the molecule is Cc1cccc(Cn2nc([C@@H](O)c3ccccc3)nc2CN2CCOC2=O)c1. The zero-order chi connectivity index (χ0) is 19.5. The summed E-state index contributed by atoms with van der Waals surface area (Å²) in [6.07, 6.45) is -1.28. The van der Waals surface area contributed by atoms with Crippen LogP contribution in [-0.4, -0.2) is 44.0 Å². The molecule has 1 aliphatic rings. The minimum atomic E-state index is -0.927. The molecule has 1 saturated heterocycles. The summed E-state index contributed by atoms with van der Waals surface area (Å²) in [5.41, 5.74) is 2.96. The largest absolute Gasteiger partial charge is 0.448 e. The van der Waals surface area contributed by atoms with Crippen LogP contribution in [0.15, 0.2) is 54.6 Å². The zero-order valence-electron chi connectivity index (χ0n) is 15.7. The Morgan fingerprint density at radius 1 is 1.14 bits per heavy atom. The second kappa shape index (κ2) is 7.82. The zero-order valence-corrected chi connectivity index (χ0v) is 15.7. The molecule has 7 heteroatoms. The molecule has 1 amide bonds. The fourth-order valence-corrected chi connectivity index (χ4v) is 3.26. The van der Waals surface area contributed by atoms with E-state index in [9.17, 15) is 9.90 Å². The van der Waals surface area contributed by atoms with E-state index >= 15 is 0 Å². The van der Waals surface area contributed by atoms with E-state index in [2.05, 4.69) is 16.1 Å². The Hall–Kier alpha value is -3.19. The maximum atomic E-state index is 11.9. The number of aliphatic hydroxyl groups is 1. The number of hydrogen-bond acceptors (Lipinski definition) is 5. The first kappa shape index (κ1) is 18.2. The summed E-state index contributed by atoms with van der Waals surface area (Å²) in [4.78, 5) is 18.0. The predicted molar refractivity (Wildman–Crippen MR) is 103 cm³/mol. The lowest BCUT2D eigenvalue weighted by molar-refractivity contribution is 0.156. The Kier molecular flexibility index (Phi) is 5.08. The summed E-state index contributed by atoms with van der Waals surface area (Å²) >= 11 is 0. The van der Waals surface area contributed by atoms with Crippen LogP contribution in [0, 0.1) is 6.92 Å². The number of cyclic esters (lactones) is 1. The molecular formula is C21H22N4O3. The maximum absolute atomic E-state index is 11.9. The molecule has 0 saturated carbocycles. The van der Waals surface area contributed by atoms with Crippen molar-refractivity contribution in [1.82, 2.24) is 19.7 Å². The van der Waals surface area contributed by atoms with Crippen LogP contribution < -0.4 is 0 Å². The molecule has 4 rings (SSSR count). The number of carbonyl (C=O) groups is 1. The highest BCUT2D eigenvalue weighted by Gasteiger charge is 2.26. The van der Waals surface area contributed by atoms with Crippen LogP contribution in [-0.2, 0) is 17.8 Å². The van der Waals surface area contributed by atoms with Crippen LogP contribution in [0.4, 0.5) is 4.79 Å². The van der Waals surface area contributed by atoms with Crippen molar-refractivity contribution in [3.05, 3.63) is 82.9 Å². The van der Waals surface area contributed by atoms with E-state index in [0.717, 1.165) is 16.7 Å². The number of ether oxygens (including phenoxy) is 1. The number of hydrogen-bond donors (Lipinski definition) is 1. The van der Waals surface area contributed by atoms with Crippen molar-refractivity contribution in [2.45, 2.75) is 26.1 Å². The standard InChI is InChI=1S/C21H22N4O3/c1-15-6-5-7-16(12-15)13-25-18(14-24-10-11-28-21(24)27)22-20(23-25)19(26)17-8-3-2-4-9-17/h2-9,12,19,26H,10-11,13-14H2,1H3/t19-/m0/s1. The van der Waals surface area contributed by atoms with Gasteiger partial charge in [-0.1, -0.05) is 60.2 Å². The molecule has 1 N–H and O–H groups in total. The van der Waals surface area contributed by atoms with Crippen molar-refractivity contribution in [2.75, 3.05) is 13.2 Å². The van der Waals surface area contributed by atoms with Gasteiger partial charge in [-0.05, 0) is 18.1 Å². The molecule has 1 aromatic heterocycles. The van der Waals surface area contributed by atoms with E-state index in [0.29, 0.717) is 37.9 Å². The third-order valence-corrected chi connectivity index (χ3v) is 4.72. The number of aliphatic hydroxyl groups excluding tert-OH is 1. The third kappa shape index (κ3) is 3.89. The van der Waals surface area contributed by atoms with Gasteiger partial charge in [0.2, 0.25) is 0 Å². The van der Waals surface area contributed by atoms with Crippen LogP contribution in [0.1, 0.15) is 34.4 Å². The fourth-order valence-electron chi connectivity index (χ4n) is 3.26. The first-order valence-corrected chi connectivity index (χ1v) is 9.24. The summed E-state index contributed by atoms with van der Waals surface area (Å²) in [6, 6.07) is 17.4. The van der Waals surface area contributed by atoms with Gasteiger partial charge in [-0.3, -0.25) is 4.90 Å². The van der Waals surface area contributed by atoms with Gasteiger partial charge in [0.05, 0.1) is 19.6 Å². The van der Waals surface area contributed by atoms with Gasteiger partial charge >= 0.3 is 6.09 Å². The number of amides is 1. The number of aryl methyl sites for hydroxylation is 1. The van der Waals surface area contributed by atoms with Crippen molar-refractivity contribution in [1.29, 1.82) is 0 Å². The minimum absolute atomic E-state index is 0.291. The molecule has 144 valence electrons. The third-order valence-electron chi connectivity index (χ3n) is 4.72. The molecule has 28 heavy (non-hydrogen) atoms. The molecule has 1 aliphatic heterocycles. The molecule has 7 nitrogen and oxygen atoms in total. The van der Waals surface area contributed by atoms with Gasteiger partial charge in [-0.25, -0.2) is 14.5 Å². The Morgan fingerprint density at radius 2 is 1.96 bits per heavy atom. The summed E-state index contributed by atoms with van der Waals surface area (Å²) in [5.74, 6) is 0.937. The fraction of sp³-hybridized carbons (Fsp3) is 0.286. The maximum Gasteiger partial charge on any atom is 0.410 e. The van der Waals surface area contributed by atoms with Gasteiger partial charge in [0.25, 0.3) is 0 Å². The second-order valence-electron chi connectivity index (χ2n) is 6.88. The van der Waals surface area contributed by atoms with E-state index in [-0.39, 0.29) is 6.09 Å². The molecule has 3 aromatic rings. The lowest BCUT2D eigenvalue weighted by Crippen LogP contribution is -2.26. The number of benzene rings is 2. The first-order chi connectivity index (χ1) is 13.6. The highest BCUT2D eigenvalue weighted by molar-refractivity contribution is 5.69. The van der Waals surface area contributed by atoms with Crippen molar-refractivity contribution < 1.29 is 14.6 Å². The molecule has 0 spiro atoms. The number of aromatic nitrogens is 3. The lowest BCUT2D eigenvalue weighted by atomic mass is 10.1. The van der Waals surface area contributed by atoms with Gasteiger partial charge in [0, 0.05) is 0 Å². The Bertz CT molecular complexity index is 971. The monoisotopic (exact) mass is 378 g/mol. The molecule has 0 radical (unpaired) electrons. The van der Waals surface area contributed by atoms with Crippen molar-refractivity contribution in [2.24, 2.45) is 0 Å². The molecule has 0 bridgehead atoms. The quantitative estimate of drug-likeness (QED) is 0.713. The minimum Gasteiger partial charge on any atom is -0.448 e. The van der Waals surface area contributed by atoms with Crippen LogP contribution in [0.2, 0.25) is 0 Å². The highest BCUT2D eigenvalue weighted by Crippen LogP contribution is 2.21. The highest BCUT2D eigenvalue weighted by atomic mass is 16.6. The van der Waals surface area contributed by atoms with Crippen molar-refractivity contribution >= 4 is 6.09 Å². The molecule has 2 aromatic carbocycles. The smallest absolute Gasteiger partial charge is 0.410 e. The number of rotatable bonds is 6. The average Bonchev–Trinajstić information content (AvgIpc) is 3.29. The van der Waals surface area contributed by atoms with Gasteiger partial charge in [-0.2, -0.15) is 5.10 Å².